The van der Waals surface area contributed by atoms with Crippen molar-refractivity contribution >= 4 is 38.9 Å². The molecule has 4 N–H and O–H groups in total. The zero-order valence-electron chi connectivity index (χ0n) is 15.4. The second-order valence-corrected chi connectivity index (χ2v) is 9.72. The van der Waals surface area contributed by atoms with Crippen LogP contribution < -0.4 is 15.8 Å². The van der Waals surface area contributed by atoms with Crippen molar-refractivity contribution in [2.45, 2.75) is 43.4 Å². The molecule has 2 amide bonds. The topological polar surface area (TPSA) is 118 Å². The predicted molar refractivity (Wildman–Crippen MR) is 106 cm³/mol. The van der Waals surface area contributed by atoms with E-state index in [4.69, 9.17) is 5.14 Å². The SMILES string of the molecule is CCC(C)(C)NC(=O)c1ccc(NC(=O)Cc2ccc(S(N)(=O)=O)s2)cc1. The van der Waals surface area contributed by atoms with Gasteiger partial charge in [0.1, 0.15) is 4.21 Å². The minimum Gasteiger partial charge on any atom is -0.347 e. The first-order chi connectivity index (χ1) is 12.5. The highest BCUT2D eigenvalue weighted by atomic mass is 32.2. The molecule has 2 aromatic rings. The molecule has 0 fully saturated rings. The third-order valence-corrected chi connectivity index (χ3v) is 6.54. The Morgan fingerprint density at radius 2 is 1.74 bits per heavy atom. The normalized spacial score (nSPS) is 11.9. The second-order valence-electron chi connectivity index (χ2n) is 6.76. The Morgan fingerprint density at radius 1 is 1.11 bits per heavy atom. The maximum absolute atomic E-state index is 12.2. The molecule has 0 bridgehead atoms. The number of anilines is 1. The van der Waals surface area contributed by atoms with Gasteiger partial charge in [-0.25, -0.2) is 13.6 Å². The molecule has 0 aliphatic carbocycles. The summed E-state index contributed by atoms with van der Waals surface area (Å²) in [7, 11) is -3.76. The van der Waals surface area contributed by atoms with E-state index in [-0.39, 0.29) is 28.0 Å². The minimum atomic E-state index is -3.76. The van der Waals surface area contributed by atoms with Crippen LogP contribution in [0.15, 0.2) is 40.6 Å². The van der Waals surface area contributed by atoms with Crippen LogP contribution in [-0.2, 0) is 21.2 Å². The van der Waals surface area contributed by atoms with Gasteiger partial charge in [0.15, 0.2) is 0 Å². The third-order valence-electron chi connectivity index (χ3n) is 4.02. The molecule has 0 saturated heterocycles. The number of hydrogen-bond acceptors (Lipinski definition) is 5. The maximum Gasteiger partial charge on any atom is 0.251 e. The molecule has 9 heteroatoms. The maximum atomic E-state index is 12.2. The van der Waals surface area contributed by atoms with Crippen LogP contribution in [0.5, 0.6) is 0 Å². The fourth-order valence-electron chi connectivity index (χ4n) is 2.14. The molecule has 0 radical (unpaired) electrons. The van der Waals surface area contributed by atoms with E-state index >= 15 is 0 Å². The summed E-state index contributed by atoms with van der Waals surface area (Å²) in [5.74, 6) is -0.462. The summed E-state index contributed by atoms with van der Waals surface area (Å²) in [5.41, 5.74) is 0.765. The Kier molecular flexibility index (Phi) is 6.40. The standard InChI is InChI=1S/C18H23N3O4S2/c1-4-18(2,3)21-17(23)12-5-7-13(8-6-12)20-15(22)11-14-9-10-16(26-14)27(19,24)25/h5-10H,4,11H2,1-3H3,(H,20,22)(H,21,23)(H2,19,24,25). The first-order valence-electron chi connectivity index (χ1n) is 8.34. The average molecular weight is 410 g/mol. The van der Waals surface area contributed by atoms with E-state index in [2.05, 4.69) is 10.6 Å². The van der Waals surface area contributed by atoms with Crippen molar-refractivity contribution in [2.75, 3.05) is 5.32 Å². The van der Waals surface area contributed by atoms with Gasteiger partial charge in [-0.2, -0.15) is 0 Å². The van der Waals surface area contributed by atoms with Crippen molar-refractivity contribution in [3.63, 3.8) is 0 Å². The van der Waals surface area contributed by atoms with Gasteiger partial charge < -0.3 is 10.6 Å². The lowest BCUT2D eigenvalue weighted by Gasteiger charge is -2.24. The zero-order valence-corrected chi connectivity index (χ0v) is 17.0. The molecule has 0 unspecified atom stereocenters. The fourth-order valence-corrected chi connectivity index (χ4v) is 3.92. The molecule has 0 atom stereocenters. The van der Waals surface area contributed by atoms with E-state index in [1.54, 1.807) is 30.3 Å². The first kappa shape index (κ1) is 21.1. The Morgan fingerprint density at radius 3 is 2.26 bits per heavy atom. The lowest BCUT2D eigenvalue weighted by molar-refractivity contribution is -0.115. The summed E-state index contributed by atoms with van der Waals surface area (Å²) in [5, 5.41) is 10.7. The van der Waals surface area contributed by atoms with Gasteiger partial charge in [0, 0.05) is 21.7 Å². The number of primary sulfonamides is 1. The van der Waals surface area contributed by atoms with Gasteiger partial charge in [-0.15, -0.1) is 11.3 Å². The fraction of sp³-hybridized carbons (Fsp3) is 0.333. The van der Waals surface area contributed by atoms with Crippen LogP contribution >= 0.6 is 11.3 Å². The lowest BCUT2D eigenvalue weighted by atomic mass is 10.0. The van der Waals surface area contributed by atoms with Crippen LogP contribution in [-0.4, -0.2) is 25.8 Å². The number of thiophene rings is 1. The van der Waals surface area contributed by atoms with Gasteiger partial charge in [0.25, 0.3) is 5.91 Å². The van der Waals surface area contributed by atoms with Crippen molar-refractivity contribution in [3.05, 3.63) is 46.8 Å². The van der Waals surface area contributed by atoms with Gasteiger partial charge in [0.2, 0.25) is 15.9 Å². The lowest BCUT2D eigenvalue weighted by Crippen LogP contribution is -2.42. The third kappa shape index (κ3) is 6.16. The molecule has 2 rings (SSSR count). The molecule has 7 nitrogen and oxygen atoms in total. The summed E-state index contributed by atoms with van der Waals surface area (Å²) < 4.78 is 22.6. The van der Waals surface area contributed by atoms with E-state index in [0.717, 1.165) is 17.8 Å². The number of nitrogens with one attached hydrogen (secondary N) is 2. The van der Waals surface area contributed by atoms with E-state index in [1.807, 2.05) is 20.8 Å². The highest BCUT2D eigenvalue weighted by Gasteiger charge is 2.19. The smallest absolute Gasteiger partial charge is 0.251 e. The zero-order chi connectivity index (χ0) is 20.2. The molecule has 1 aromatic carbocycles. The van der Waals surface area contributed by atoms with E-state index in [9.17, 15) is 18.0 Å². The molecule has 27 heavy (non-hydrogen) atoms. The van der Waals surface area contributed by atoms with E-state index in [0.29, 0.717) is 16.1 Å². The second kappa shape index (κ2) is 8.20. The van der Waals surface area contributed by atoms with Crippen molar-refractivity contribution < 1.29 is 18.0 Å². The van der Waals surface area contributed by atoms with Crippen LogP contribution in [0.2, 0.25) is 0 Å². The highest BCUT2D eigenvalue weighted by molar-refractivity contribution is 7.91. The Bertz CT molecular complexity index is 932. The number of amides is 2. The van der Waals surface area contributed by atoms with Gasteiger partial charge in [-0.3, -0.25) is 9.59 Å². The van der Waals surface area contributed by atoms with E-state index in [1.165, 1.54) is 6.07 Å². The van der Waals surface area contributed by atoms with Crippen LogP contribution in [0.3, 0.4) is 0 Å². The number of rotatable bonds is 7. The summed E-state index contributed by atoms with van der Waals surface area (Å²) in [4.78, 5) is 24.9. The van der Waals surface area contributed by atoms with E-state index < -0.39 is 10.0 Å². The van der Waals surface area contributed by atoms with Crippen LogP contribution in [0, 0.1) is 0 Å². The minimum absolute atomic E-state index is 0.0238. The Balaban J connectivity index is 1.97. The number of hydrogen-bond donors (Lipinski definition) is 3. The summed E-state index contributed by atoms with van der Waals surface area (Å²) >= 11 is 0.966. The summed E-state index contributed by atoms with van der Waals surface area (Å²) in [6.07, 6.45) is 0.843. The monoisotopic (exact) mass is 409 g/mol. The number of sulfonamides is 1. The van der Waals surface area contributed by atoms with Crippen LogP contribution in [0.25, 0.3) is 0 Å². The van der Waals surface area contributed by atoms with Gasteiger partial charge in [0.05, 0.1) is 6.42 Å². The quantitative estimate of drug-likeness (QED) is 0.651. The molecular formula is C18H23N3O4S2. The van der Waals surface area contributed by atoms with Crippen molar-refractivity contribution in [1.82, 2.24) is 5.32 Å². The number of nitrogens with two attached hydrogens (primary N) is 1. The van der Waals surface area contributed by atoms with Crippen molar-refractivity contribution in [3.8, 4) is 0 Å². The van der Waals surface area contributed by atoms with Gasteiger partial charge in [-0.05, 0) is 56.7 Å². The number of carbonyl (C=O) groups is 2. The average Bonchev–Trinajstić information content (AvgIpc) is 3.03. The number of benzene rings is 1. The summed E-state index contributed by atoms with van der Waals surface area (Å²) in [6, 6.07) is 9.52. The summed E-state index contributed by atoms with van der Waals surface area (Å²) in [6.45, 7) is 5.90. The Labute approximate surface area is 163 Å². The molecule has 0 spiro atoms. The molecule has 1 aromatic heterocycles. The van der Waals surface area contributed by atoms with Gasteiger partial charge >= 0.3 is 0 Å². The van der Waals surface area contributed by atoms with Crippen molar-refractivity contribution in [1.29, 1.82) is 0 Å². The first-order valence-corrected chi connectivity index (χ1v) is 10.7. The van der Waals surface area contributed by atoms with Crippen LogP contribution in [0.4, 0.5) is 5.69 Å². The number of carbonyl (C=O) groups excluding carboxylic acids is 2. The van der Waals surface area contributed by atoms with Crippen molar-refractivity contribution in [2.24, 2.45) is 5.14 Å². The molecule has 0 aliphatic rings. The van der Waals surface area contributed by atoms with Crippen LogP contribution in [0.1, 0.15) is 42.4 Å². The Hall–Kier alpha value is -2.23. The molecular weight excluding hydrogens is 386 g/mol. The molecule has 146 valence electrons. The largest absolute Gasteiger partial charge is 0.347 e. The molecule has 1 heterocycles. The predicted octanol–water partition coefficient (Wildman–Crippen LogP) is 2.50. The highest BCUT2D eigenvalue weighted by Crippen LogP contribution is 2.21. The molecule has 0 saturated carbocycles. The van der Waals surface area contributed by atoms with Gasteiger partial charge in [-0.1, -0.05) is 6.92 Å². The molecule has 0 aliphatic heterocycles.